The molecular formula is C15H18N2O3. The van der Waals surface area contributed by atoms with E-state index in [0.717, 1.165) is 22.3 Å². The molecule has 1 heterocycles. The van der Waals surface area contributed by atoms with Crippen LogP contribution in [0.15, 0.2) is 30.5 Å². The highest BCUT2D eigenvalue weighted by atomic mass is 16.5. The number of hydrogen-bond acceptors (Lipinski definition) is 5. The van der Waals surface area contributed by atoms with Crippen LogP contribution in [-0.2, 0) is 9.53 Å². The van der Waals surface area contributed by atoms with Gasteiger partial charge in [0, 0.05) is 18.6 Å². The minimum Gasteiger partial charge on any atom is -0.497 e. The average molecular weight is 274 g/mol. The highest BCUT2D eigenvalue weighted by Crippen LogP contribution is 2.27. The van der Waals surface area contributed by atoms with Crippen molar-refractivity contribution in [2.24, 2.45) is 0 Å². The first-order valence-electron chi connectivity index (χ1n) is 6.45. The van der Waals surface area contributed by atoms with Crippen LogP contribution < -0.4 is 9.64 Å². The molecule has 1 aromatic heterocycles. The summed E-state index contributed by atoms with van der Waals surface area (Å²) < 4.78 is 10.2. The number of nitrogens with zero attached hydrogens (tertiary/aromatic N) is 2. The number of rotatable bonds is 5. The van der Waals surface area contributed by atoms with Gasteiger partial charge in [0.2, 0.25) is 0 Å². The molecule has 0 fully saturated rings. The molecule has 0 aliphatic rings. The van der Waals surface area contributed by atoms with Crippen LogP contribution in [0.4, 0.5) is 5.82 Å². The lowest BCUT2D eigenvalue weighted by Crippen LogP contribution is -2.27. The van der Waals surface area contributed by atoms with Crippen LogP contribution in [-0.4, -0.2) is 38.3 Å². The van der Waals surface area contributed by atoms with Gasteiger partial charge < -0.3 is 14.4 Å². The largest absolute Gasteiger partial charge is 0.497 e. The molecule has 0 spiro atoms. The van der Waals surface area contributed by atoms with Gasteiger partial charge in [-0.05, 0) is 30.5 Å². The van der Waals surface area contributed by atoms with E-state index in [1.165, 1.54) is 0 Å². The Bertz CT molecular complexity index is 613. The van der Waals surface area contributed by atoms with Crippen molar-refractivity contribution in [1.82, 2.24) is 4.98 Å². The summed E-state index contributed by atoms with van der Waals surface area (Å²) in [5.41, 5.74) is 0. The predicted molar refractivity (Wildman–Crippen MR) is 78.2 cm³/mol. The molecule has 0 N–H and O–H groups in total. The Labute approximate surface area is 118 Å². The summed E-state index contributed by atoms with van der Waals surface area (Å²) in [6.07, 6.45) is 1.73. The van der Waals surface area contributed by atoms with Gasteiger partial charge in [-0.3, -0.25) is 4.79 Å². The summed E-state index contributed by atoms with van der Waals surface area (Å²) >= 11 is 0. The third-order valence-corrected chi connectivity index (χ3v) is 2.99. The van der Waals surface area contributed by atoms with Crippen molar-refractivity contribution in [3.05, 3.63) is 30.5 Å². The molecule has 0 aliphatic carbocycles. The average Bonchev–Trinajstić information content (AvgIpc) is 2.46. The van der Waals surface area contributed by atoms with Crippen LogP contribution in [0.5, 0.6) is 5.75 Å². The van der Waals surface area contributed by atoms with E-state index in [1.54, 1.807) is 25.1 Å². The van der Waals surface area contributed by atoms with Crippen molar-refractivity contribution >= 4 is 22.6 Å². The van der Waals surface area contributed by atoms with Crippen LogP contribution in [0.2, 0.25) is 0 Å². The maximum absolute atomic E-state index is 11.6. The number of pyridine rings is 1. The summed E-state index contributed by atoms with van der Waals surface area (Å²) in [6.45, 7) is 2.33. The van der Waals surface area contributed by atoms with Gasteiger partial charge in [-0.1, -0.05) is 6.07 Å². The predicted octanol–water partition coefficient (Wildman–Crippen LogP) is 2.24. The molecule has 2 aromatic rings. The number of aromatic nitrogens is 1. The second-order valence-electron chi connectivity index (χ2n) is 4.38. The molecule has 106 valence electrons. The minimum atomic E-state index is -0.267. The lowest BCUT2D eigenvalue weighted by atomic mass is 10.1. The molecule has 0 amide bonds. The number of carbonyl (C=O) groups excluding carboxylic acids is 1. The maximum Gasteiger partial charge on any atom is 0.325 e. The molecule has 0 radical (unpaired) electrons. The van der Waals surface area contributed by atoms with Crippen molar-refractivity contribution in [3.63, 3.8) is 0 Å². The summed E-state index contributed by atoms with van der Waals surface area (Å²) in [6, 6.07) is 7.71. The van der Waals surface area contributed by atoms with E-state index < -0.39 is 0 Å². The molecule has 20 heavy (non-hydrogen) atoms. The highest BCUT2D eigenvalue weighted by Gasteiger charge is 2.12. The lowest BCUT2D eigenvalue weighted by Gasteiger charge is -2.19. The number of anilines is 1. The van der Waals surface area contributed by atoms with Gasteiger partial charge in [0.25, 0.3) is 0 Å². The molecule has 0 atom stereocenters. The molecular weight excluding hydrogens is 256 g/mol. The SMILES string of the molecule is CCOC(=O)CN(C)c1nccc2ccc(OC)cc12. The normalized spacial score (nSPS) is 10.3. The zero-order chi connectivity index (χ0) is 14.5. The summed E-state index contributed by atoms with van der Waals surface area (Å²) in [4.78, 5) is 17.7. The van der Waals surface area contributed by atoms with E-state index in [4.69, 9.17) is 9.47 Å². The number of methoxy groups -OCH3 is 1. The van der Waals surface area contributed by atoms with Gasteiger partial charge in [-0.2, -0.15) is 0 Å². The molecule has 0 unspecified atom stereocenters. The molecule has 2 rings (SSSR count). The quantitative estimate of drug-likeness (QED) is 0.783. The first-order valence-corrected chi connectivity index (χ1v) is 6.45. The smallest absolute Gasteiger partial charge is 0.325 e. The summed E-state index contributed by atoms with van der Waals surface area (Å²) in [5, 5.41) is 1.99. The van der Waals surface area contributed by atoms with Crippen LogP contribution in [0.1, 0.15) is 6.92 Å². The fourth-order valence-corrected chi connectivity index (χ4v) is 2.04. The van der Waals surface area contributed by atoms with E-state index >= 15 is 0 Å². The molecule has 0 saturated heterocycles. The van der Waals surface area contributed by atoms with Gasteiger partial charge in [0.15, 0.2) is 0 Å². The standard InChI is InChI=1S/C15H18N2O3/c1-4-20-14(18)10-17(2)15-13-9-12(19-3)6-5-11(13)7-8-16-15/h5-9H,4,10H2,1-3H3. The number of ether oxygens (including phenoxy) is 2. The Hall–Kier alpha value is -2.30. The Morgan fingerprint density at radius 3 is 2.85 bits per heavy atom. The van der Waals surface area contributed by atoms with Gasteiger partial charge >= 0.3 is 5.97 Å². The Kier molecular flexibility index (Phi) is 4.40. The Balaban J connectivity index is 2.35. The first-order chi connectivity index (χ1) is 9.65. The Morgan fingerprint density at radius 1 is 1.35 bits per heavy atom. The number of likely N-dealkylation sites (N-methyl/N-ethyl adjacent to an activating group) is 1. The second-order valence-corrected chi connectivity index (χ2v) is 4.38. The zero-order valence-corrected chi connectivity index (χ0v) is 11.9. The van der Waals surface area contributed by atoms with E-state index in [9.17, 15) is 4.79 Å². The number of fused-ring (bicyclic) bond motifs is 1. The third kappa shape index (κ3) is 2.99. The maximum atomic E-state index is 11.6. The van der Waals surface area contributed by atoms with Crippen molar-refractivity contribution < 1.29 is 14.3 Å². The monoisotopic (exact) mass is 274 g/mol. The van der Waals surface area contributed by atoms with Crippen molar-refractivity contribution in [1.29, 1.82) is 0 Å². The van der Waals surface area contributed by atoms with Gasteiger partial charge in [0.05, 0.1) is 13.7 Å². The lowest BCUT2D eigenvalue weighted by molar-refractivity contribution is -0.141. The Morgan fingerprint density at radius 2 is 2.15 bits per heavy atom. The van der Waals surface area contributed by atoms with Crippen molar-refractivity contribution in [2.45, 2.75) is 6.92 Å². The van der Waals surface area contributed by atoms with E-state index in [1.807, 2.05) is 31.3 Å². The number of esters is 1. The van der Waals surface area contributed by atoms with Gasteiger partial charge in [-0.25, -0.2) is 4.98 Å². The topological polar surface area (TPSA) is 51.7 Å². The number of hydrogen-bond donors (Lipinski definition) is 0. The van der Waals surface area contributed by atoms with E-state index in [2.05, 4.69) is 4.98 Å². The van der Waals surface area contributed by atoms with Crippen LogP contribution in [0.25, 0.3) is 10.8 Å². The van der Waals surface area contributed by atoms with E-state index in [-0.39, 0.29) is 12.5 Å². The summed E-state index contributed by atoms with van der Waals surface area (Å²) in [5.74, 6) is 1.22. The first kappa shape index (κ1) is 14.1. The molecule has 5 nitrogen and oxygen atoms in total. The third-order valence-electron chi connectivity index (χ3n) is 2.99. The molecule has 0 aliphatic heterocycles. The van der Waals surface area contributed by atoms with Crippen LogP contribution in [0.3, 0.4) is 0 Å². The van der Waals surface area contributed by atoms with Crippen LogP contribution in [0, 0.1) is 0 Å². The van der Waals surface area contributed by atoms with Crippen molar-refractivity contribution in [3.8, 4) is 5.75 Å². The molecule has 0 saturated carbocycles. The number of carbonyl (C=O) groups is 1. The second kappa shape index (κ2) is 6.23. The van der Waals surface area contributed by atoms with Gasteiger partial charge in [-0.15, -0.1) is 0 Å². The molecule has 0 bridgehead atoms. The zero-order valence-electron chi connectivity index (χ0n) is 11.9. The number of benzene rings is 1. The minimum absolute atomic E-state index is 0.164. The highest BCUT2D eigenvalue weighted by molar-refractivity contribution is 5.94. The van der Waals surface area contributed by atoms with Crippen molar-refractivity contribution in [2.75, 3.05) is 32.2 Å². The van der Waals surface area contributed by atoms with Gasteiger partial charge in [0.1, 0.15) is 18.1 Å². The van der Waals surface area contributed by atoms with Crippen LogP contribution >= 0.6 is 0 Å². The molecule has 1 aromatic carbocycles. The molecule has 5 heteroatoms. The fraction of sp³-hybridized carbons (Fsp3) is 0.333. The summed E-state index contributed by atoms with van der Waals surface area (Å²) in [7, 11) is 3.44. The fourth-order valence-electron chi connectivity index (χ4n) is 2.04. The van der Waals surface area contributed by atoms with E-state index in [0.29, 0.717) is 6.61 Å².